The summed E-state index contributed by atoms with van der Waals surface area (Å²) in [6.45, 7) is 1.66. The number of halogens is 2. The van der Waals surface area contributed by atoms with Gasteiger partial charge in [0.1, 0.15) is 11.6 Å². The molecular formula is C19H13F2N3O2. The third kappa shape index (κ3) is 2.45. The van der Waals surface area contributed by atoms with E-state index in [0.717, 1.165) is 22.9 Å². The van der Waals surface area contributed by atoms with Crippen molar-refractivity contribution < 1.29 is 8.78 Å². The Morgan fingerprint density at radius 2 is 1.54 bits per heavy atom. The van der Waals surface area contributed by atoms with Crippen molar-refractivity contribution >= 4 is 10.9 Å². The van der Waals surface area contributed by atoms with Crippen LogP contribution < -0.4 is 11.1 Å². The van der Waals surface area contributed by atoms with Crippen LogP contribution in [0.4, 0.5) is 8.78 Å². The maximum atomic E-state index is 13.5. The van der Waals surface area contributed by atoms with E-state index in [1.165, 1.54) is 10.6 Å². The molecule has 4 rings (SSSR count). The van der Waals surface area contributed by atoms with Gasteiger partial charge in [0.05, 0.1) is 16.6 Å². The van der Waals surface area contributed by atoms with Gasteiger partial charge in [-0.25, -0.2) is 13.5 Å². The number of aromatic amines is 1. The predicted octanol–water partition coefficient (Wildman–Crippen LogP) is 3.06. The van der Waals surface area contributed by atoms with Gasteiger partial charge in [-0.15, -0.1) is 0 Å². The summed E-state index contributed by atoms with van der Waals surface area (Å²) in [6, 6.07) is 13.0. The molecule has 2 aromatic carbocycles. The third-order valence-electron chi connectivity index (χ3n) is 4.22. The van der Waals surface area contributed by atoms with Crippen molar-refractivity contribution in [2.45, 2.75) is 6.92 Å². The van der Waals surface area contributed by atoms with Gasteiger partial charge in [0, 0.05) is 23.5 Å². The largest absolute Gasteiger partial charge is 0.290 e. The van der Waals surface area contributed by atoms with Crippen LogP contribution in [0.3, 0.4) is 0 Å². The number of hydrogen-bond acceptors (Lipinski definition) is 2. The highest BCUT2D eigenvalue weighted by Gasteiger charge is 2.16. The number of H-pyrrole nitrogens is 1. The molecule has 0 unspecified atom stereocenters. The lowest BCUT2D eigenvalue weighted by Gasteiger charge is -2.09. The first-order valence-electron chi connectivity index (χ1n) is 7.85. The molecular weight excluding hydrogens is 340 g/mol. The smallest absolute Gasteiger partial charge is 0.280 e. The Morgan fingerprint density at radius 1 is 0.885 bits per heavy atom. The molecule has 0 fully saturated rings. The molecule has 130 valence electrons. The zero-order valence-electron chi connectivity index (χ0n) is 13.7. The zero-order chi connectivity index (χ0) is 18.4. The summed E-state index contributed by atoms with van der Waals surface area (Å²) in [4.78, 5) is 25.4. The van der Waals surface area contributed by atoms with E-state index in [0.29, 0.717) is 16.9 Å². The van der Waals surface area contributed by atoms with Crippen LogP contribution in [0, 0.1) is 18.6 Å². The SMILES string of the molecule is Cc1c2c(=O)n(-c3cc(F)cc(F)c3)[nH]c2cc(=O)n1-c1ccccc1. The van der Waals surface area contributed by atoms with E-state index < -0.39 is 17.2 Å². The normalized spacial score (nSPS) is 11.2. The molecule has 0 saturated heterocycles. The van der Waals surface area contributed by atoms with E-state index >= 15 is 0 Å². The first kappa shape index (κ1) is 16.0. The second kappa shape index (κ2) is 5.80. The number of nitrogens with one attached hydrogen (secondary N) is 1. The standard InChI is InChI=1S/C19H13F2N3O2/c1-11-18-16(10-17(25)23(11)14-5-3-2-4-6-14)22-24(19(18)26)15-8-12(20)7-13(21)9-15/h2-10,22H,1H3. The molecule has 2 heterocycles. The molecule has 26 heavy (non-hydrogen) atoms. The summed E-state index contributed by atoms with van der Waals surface area (Å²) in [6.07, 6.45) is 0. The van der Waals surface area contributed by atoms with Crippen LogP contribution in [0.1, 0.15) is 5.69 Å². The molecule has 0 radical (unpaired) electrons. The maximum absolute atomic E-state index is 13.5. The molecule has 4 aromatic rings. The van der Waals surface area contributed by atoms with E-state index in [-0.39, 0.29) is 16.6 Å². The highest BCUT2D eigenvalue weighted by molar-refractivity contribution is 5.81. The minimum Gasteiger partial charge on any atom is -0.290 e. The first-order valence-corrected chi connectivity index (χ1v) is 7.85. The van der Waals surface area contributed by atoms with E-state index in [2.05, 4.69) is 5.10 Å². The molecule has 0 bridgehead atoms. The Bertz CT molecular complexity index is 1230. The van der Waals surface area contributed by atoms with Crippen LogP contribution in [0.25, 0.3) is 22.3 Å². The molecule has 2 aromatic heterocycles. The fourth-order valence-corrected chi connectivity index (χ4v) is 3.12. The number of hydrogen-bond donors (Lipinski definition) is 1. The summed E-state index contributed by atoms with van der Waals surface area (Å²) in [5.74, 6) is -1.60. The summed E-state index contributed by atoms with van der Waals surface area (Å²) in [7, 11) is 0. The number of aromatic nitrogens is 3. The summed E-state index contributed by atoms with van der Waals surface area (Å²) < 4.78 is 29.5. The lowest BCUT2D eigenvalue weighted by atomic mass is 10.2. The van der Waals surface area contributed by atoms with Gasteiger partial charge in [-0.2, -0.15) is 0 Å². The van der Waals surface area contributed by atoms with Crippen LogP contribution in [0.15, 0.2) is 64.2 Å². The molecule has 5 nitrogen and oxygen atoms in total. The molecule has 1 N–H and O–H groups in total. The Kier molecular flexibility index (Phi) is 3.57. The number of para-hydroxylation sites is 1. The molecule has 0 atom stereocenters. The molecule has 0 saturated carbocycles. The van der Waals surface area contributed by atoms with Crippen molar-refractivity contribution in [1.29, 1.82) is 0 Å². The van der Waals surface area contributed by atoms with E-state index in [1.807, 2.05) is 6.07 Å². The van der Waals surface area contributed by atoms with Crippen molar-refractivity contribution in [3.63, 3.8) is 0 Å². The molecule has 7 heteroatoms. The van der Waals surface area contributed by atoms with Crippen LogP contribution in [-0.2, 0) is 0 Å². The van der Waals surface area contributed by atoms with E-state index in [9.17, 15) is 18.4 Å². The number of nitrogens with zero attached hydrogens (tertiary/aromatic N) is 2. The van der Waals surface area contributed by atoms with Crippen LogP contribution >= 0.6 is 0 Å². The van der Waals surface area contributed by atoms with Crippen molar-refractivity contribution in [1.82, 2.24) is 14.3 Å². The maximum Gasteiger partial charge on any atom is 0.280 e. The minimum atomic E-state index is -0.800. The number of pyridine rings is 1. The Morgan fingerprint density at radius 3 is 2.19 bits per heavy atom. The third-order valence-corrected chi connectivity index (χ3v) is 4.22. The topological polar surface area (TPSA) is 59.8 Å². The van der Waals surface area contributed by atoms with Crippen molar-refractivity contribution in [3.8, 4) is 11.4 Å². The van der Waals surface area contributed by atoms with Gasteiger partial charge >= 0.3 is 0 Å². The Labute approximate surface area is 145 Å². The predicted molar refractivity (Wildman–Crippen MR) is 94.1 cm³/mol. The molecule has 0 aliphatic rings. The Balaban J connectivity index is 2.04. The van der Waals surface area contributed by atoms with E-state index in [1.54, 1.807) is 31.2 Å². The van der Waals surface area contributed by atoms with Gasteiger partial charge in [0.15, 0.2) is 0 Å². The van der Waals surface area contributed by atoms with Crippen LogP contribution in [0.2, 0.25) is 0 Å². The monoisotopic (exact) mass is 353 g/mol. The van der Waals surface area contributed by atoms with Gasteiger partial charge in [-0.05, 0) is 31.2 Å². The fourth-order valence-electron chi connectivity index (χ4n) is 3.12. The Hall–Kier alpha value is -3.48. The second-order valence-corrected chi connectivity index (χ2v) is 5.91. The average molecular weight is 353 g/mol. The molecule has 0 aliphatic heterocycles. The quantitative estimate of drug-likeness (QED) is 0.602. The lowest BCUT2D eigenvalue weighted by Crippen LogP contribution is -2.21. The van der Waals surface area contributed by atoms with Crippen molar-refractivity contribution in [2.24, 2.45) is 0 Å². The number of fused-ring (bicyclic) bond motifs is 1. The highest BCUT2D eigenvalue weighted by Crippen LogP contribution is 2.17. The van der Waals surface area contributed by atoms with Crippen LogP contribution in [0.5, 0.6) is 0 Å². The van der Waals surface area contributed by atoms with Gasteiger partial charge < -0.3 is 0 Å². The minimum absolute atomic E-state index is 0.0156. The second-order valence-electron chi connectivity index (χ2n) is 5.91. The highest BCUT2D eigenvalue weighted by atomic mass is 19.1. The number of rotatable bonds is 2. The summed E-state index contributed by atoms with van der Waals surface area (Å²) >= 11 is 0. The van der Waals surface area contributed by atoms with Crippen molar-refractivity contribution in [3.05, 3.63) is 92.6 Å². The first-order chi connectivity index (χ1) is 12.5. The average Bonchev–Trinajstić information content (AvgIpc) is 2.91. The van der Waals surface area contributed by atoms with Crippen molar-refractivity contribution in [2.75, 3.05) is 0 Å². The zero-order valence-corrected chi connectivity index (χ0v) is 13.7. The van der Waals surface area contributed by atoms with Crippen LogP contribution in [-0.4, -0.2) is 14.3 Å². The lowest BCUT2D eigenvalue weighted by molar-refractivity contribution is 0.580. The fraction of sp³-hybridized carbons (Fsp3) is 0.0526. The summed E-state index contributed by atoms with van der Waals surface area (Å²) in [5.41, 5.74) is 0.569. The number of benzene rings is 2. The number of aryl methyl sites for hydroxylation is 1. The van der Waals surface area contributed by atoms with Gasteiger partial charge in [0.2, 0.25) is 0 Å². The van der Waals surface area contributed by atoms with Gasteiger partial charge in [-0.3, -0.25) is 19.3 Å². The molecule has 0 spiro atoms. The van der Waals surface area contributed by atoms with Gasteiger partial charge in [0.25, 0.3) is 11.1 Å². The molecule has 0 aliphatic carbocycles. The molecule has 0 amide bonds. The summed E-state index contributed by atoms with van der Waals surface area (Å²) in [5, 5.41) is 3.03. The van der Waals surface area contributed by atoms with Gasteiger partial charge in [-0.1, -0.05) is 18.2 Å². The van der Waals surface area contributed by atoms with E-state index in [4.69, 9.17) is 0 Å².